The summed E-state index contributed by atoms with van der Waals surface area (Å²) < 4.78 is 61.7. The number of alkyl halides is 3. The Balaban J connectivity index is 1.52. The number of rotatable bonds is 7. The van der Waals surface area contributed by atoms with E-state index in [4.69, 9.17) is 0 Å². The molecule has 1 saturated heterocycles. The number of imide groups is 1. The van der Waals surface area contributed by atoms with Crippen LogP contribution in [-0.2, 0) is 32.4 Å². The van der Waals surface area contributed by atoms with Gasteiger partial charge in [-0.3, -0.25) is 14.6 Å². The van der Waals surface area contributed by atoms with Crippen LogP contribution in [0.1, 0.15) is 18.1 Å². The van der Waals surface area contributed by atoms with Crippen LogP contribution in [0, 0.1) is 0 Å². The normalized spacial score (nSPS) is 16.2. The Morgan fingerprint density at radius 1 is 1.03 bits per heavy atom. The Morgan fingerprint density at radius 3 is 2.32 bits per heavy atom. The molecule has 1 aliphatic heterocycles. The van der Waals surface area contributed by atoms with E-state index in [-0.39, 0.29) is 24.6 Å². The van der Waals surface area contributed by atoms with Gasteiger partial charge in [0, 0.05) is 6.20 Å². The van der Waals surface area contributed by atoms with Gasteiger partial charge < -0.3 is 10.2 Å². The minimum atomic E-state index is -5.58. The van der Waals surface area contributed by atoms with Gasteiger partial charge in [-0.2, -0.15) is 13.2 Å². The Kier molecular flexibility index (Phi) is 7.22. The zero-order valence-corrected chi connectivity index (χ0v) is 20.7. The van der Waals surface area contributed by atoms with Gasteiger partial charge in [0.1, 0.15) is 6.04 Å². The first kappa shape index (κ1) is 26.8. The molecule has 0 saturated carbocycles. The van der Waals surface area contributed by atoms with E-state index in [1.54, 1.807) is 18.2 Å². The number of halogens is 3. The number of sulfone groups is 1. The van der Waals surface area contributed by atoms with Crippen LogP contribution < -0.4 is 10.2 Å². The molecule has 0 bridgehead atoms. The number of hydrogen-bond acceptors (Lipinski definition) is 6. The standard InChI is InChI=1S/C25H21F3N4O5S/c1-16-23(34)32(19-7-9-20(10-8-19)38(36,37)25(26,27)28)24(35)31(16)15-18-11-12-29-14-21(18)30-22(33)13-17-5-3-2-4-6-17/h2-12,14,16H,13,15H2,1H3,(H,30,33). The highest BCUT2D eigenvalue weighted by molar-refractivity contribution is 7.92. The molecule has 1 aromatic heterocycles. The molecule has 9 nitrogen and oxygen atoms in total. The van der Waals surface area contributed by atoms with Crippen molar-refractivity contribution in [2.24, 2.45) is 0 Å². The largest absolute Gasteiger partial charge is 0.501 e. The minimum absolute atomic E-state index is 0.0771. The van der Waals surface area contributed by atoms with Crippen molar-refractivity contribution in [1.82, 2.24) is 9.88 Å². The number of benzene rings is 2. The highest BCUT2D eigenvalue weighted by atomic mass is 32.2. The second-order valence-electron chi connectivity index (χ2n) is 8.45. The second kappa shape index (κ2) is 10.2. The van der Waals surface area contributed by atoms with Gasteiger partial charge >= 0.3 is 11.5 Å². The van der Waals surface area contributed by atoms with Crippen molar-refractivity contribution in [2.45, 2.75) is 36.3 Å². The summed E-state index contributed by atoms with van der Waals surface area (Å²) in [6, 6.07) is 12.3. The number of amides is 4. The molecule has 0 radical (unpaired) electrons. The highest BCUT2D eigenvalue weighted by Crippen LogP contribution is 2.33. The third-order valence-corrected chi connectivity index (χ3v) is 7.43. The van der Waals surface area contributed by atoms with Gasteiger partial charge in [0.2, 0.25) is 5.91 Å². The lowest BCUT2D eigenvalue weighted by Crippen LogP contribution is -2.34. The number of nitrogens with zero attached hydrogens (tertiary/aromatic N) is 3. The summed E-state index contributed by atoms with van der Waals surface area (Å²) in [4.78, 5) is 43.6. The van der Waals surface area contributed by atoms with Gasteiger partial charge in [-0.1, -0.05) is 30.3 Å². The number of carbonyl (C=O) groups is 3. The fraction of sp³-hybridized carbons (Fsp3) is 0.200. The molecule has 1 fully saturated rings. The predicted octanol–water partition coefficient (Wildman–Crippen LogP) is 3.91. The maximum absolute atomic E-state index is 13.2. The molecule has 2 heterocycles. The van der Waals surface area contributed by atoms with Crippen LogP contribution in [0.2, 0.25) is 0 Å². The quantitative estimate of drug-likeness (QED) is 0.449. The zero-order chi connectivity index (χ0) is 27.7. The molecule has 1 aliphatic rings. The smallest absolute Gasteiger partial charge is 0.324 e. The molecule has 1 atom stereocenters. The zero-order valence-electron chi connectivity index (χ0n) is 19.8. The van der Waals surface area contributed by atoms with E-state index in [0.717, 1.165) is 22.6 Å². The molecule has 3 aromatic rings. The molecule has 0 spiro atoms. The lowest BCUT2D eigenvalue weighted by molar-refractivity contribution is -0.119. The van der Waals surface area contributed by atoms with Crippen molar-refractivity contribution in [2.75, 3.05) is 10.2 Å². The third-order valence-electron chi connectivity index (χ3n) is 5.93. The molecule has 13 heteroatoms. The Bertz CT molecular complexity index is 1480. The van der Waals surface area contributed by atoms with Crippen molar-refractivity contribution in [3.8, 4) is 0 Å². The fourth-order valence-corrected chi connectivity index (χ4v) is 4.65. The van der Waals surface area contributed by atoms with E-state index >= 15 is 0 Å². The van der Waals surface area contributed by atoms with Gasteiger partial charge in [0.15, 0.2) is 0 Å². The van der Waals surface area contributed by atoms with Gasteiger partial charge in [-0.25, -0.2) is 18.1 Å². The molecular weight excluding hydrogens is 525 g/mol. The Labute approximate surface area is 215 Å². The first-order valence-electron chi connectivity index (χ1n) is 11.2. The van der Waals surface area contributed by atoms with Gasteiger partial charge in [0.05, 0.1) is 35.4 Å². The maximum atomic E-state index is 13.2. The topological polar surface area (TPSA) is 117 Å². The summed E-state index contributed by atoms with van der Waals surface area (Å²) in [6.45, 7) is 1.41. The first-order chi connectivity index (χ1) is 17.9. The number of nitrogens with one attached hydrogen (secondary N) is 1. The summed E-state index contributed by atoms with van der Waals surface area (Å²) >= 11 is 0. The third kappa shape index (κ3) is 5.23. The average molecular weight is 547 g/mol. The van der Waals surface area contributed by atoms with E-state index in [0.29, 0.717) is 23.4 Å². The molecule has 4 rings (SSSR count). The number of urea groups is 1. The SMILES string of the molecule is CC1C(=O)N(c2ccc(S(=O)(=O)C(F)(F)F)cc2)C(=O)N1Cc1ccncc1NC(=O)Cc1ccccc1. The van der Waals surface area contributed by atoms with Crippen LogP contribution in [0.3, 0.4) is 0 Å². The van der Waals surface area contributed by atoms with Crippen molar-refractivity contribution in [1.29, 1.82) is 0 Å². The van der Waals surface area contributed by atoms with Crippen LogP contribution in [0.5, 0.6) is 0 Å². The summed E-state index contributed by atoms with van der Waals surface area (Å²) in [5.41, 5.74) is -3.92. The molecule has 2 aromatic carbocycles. The minimum Gasteiger partial charge on any atom is -0.324 e. The molecule has 4 amide bonds. The van der Waals surface area contributed by atoms with E-state index < -0.39 is 38.2 Å². The summed E-state index contributed by atoms with van der Waals surface area (Å²) in [7, 11) is -5.58. The van der Waals surface area contributed by atoms with Crippen LogP contribution >= 0.6 is 0 Å². The van der Waals surface area contributed by atoms with Crippen LogP contribution in [-0.4, -0.2) is 47.7 Å². The number of carbonyl (C=O) groups excluding carboxylic acids is 3. The van der Waals surface area contributed by atoms with Crippen LogP contribution in [0.4, 0.5) is 29.3 Å². The molecular formula is C25H21F3N4O5S. The molecule has 1 unspecified atom stereocenters. The number of pyridine rings is 1. The van der Waals surface area contributed by atoms with E-state index in [1.807, 2.05) is 18.2 Å². The van der Waals surface area contributed by atoms with Crippen LogP contribution in [0.15, 0.2) is 78.0 Å². The van der Waals surface area contributed by atoms with Crippen molar-refractivity contribution >= 4 is 39.1 Å². The maximum Gasteiger partial charge on any atom is 0.501 e. The van der Waals surface area contributed by atoms with E-state index in [1.165, 1.54) is 24.2 Å². The van der Waals surface area contributed by atoms with Crippen molar-refractivity contribution in [3.05, 3.63) is 84.2 Å². The molecule has 198 valence electrons. The predicted molar refractivity (Wildman–Crippen MR) is 131 cm³/mol. The number of hydrogen-bond donors (Lipinski definition) is 1. The monoisotopic (exact) mass is 546 g/mol. The lowest BCUT2D eigenvalue weighted by atomic mass is 10.1. The van der Waals surface area contributed by atoms with Gasteiger partial charge in [-0.05, 0) is 48.4 Å². The molecule has 0 aliphatic carbocycles. The van der Waals surface area contributed by atoms with Crippen LogP contribution in [0.25, 0.3) is 0 Å². The van der Waals surface area contributed by atoms with Gasteiger partial charge in [-0.15, -0.1) is 0 Å². The van der Waals surface area contributed by atoms with E-state index in [9.17, 15) is 36.0 Å². The average Bonchev–Trinajstić information content (AvgIpc) is 3.08. The summed E-state index contributed by atoms with van der Waals surface area (Å²) in [5, 5.41) is 2.76. The van der Waals surface area contributed by atoms with Gasteiger partial charge in [0.25, 0.3) is 15.7 Å². The lowest BCUT2D eigenvalue weighted by Gasteiger charge is -2.21. The molecule has 38 heavy (non-hydrogen) atoms. The Hall–Kier alpha value is -4.26. The number of aromatic nitrogens is 1. The van der Waals surface area contributed by atoms with E-state index in [2.05, 4.69) is 10.3 Å². The summed E-state index contributed by atoms with van der Waals surface area (Å²) in [6.07, 6.45) is 3.00. The highest BCUT2D eigenvalue weighted by Gasteiger charge is 2.47. The first-order valence-corrected chi connectivity index (χ1v) is 12.7. The fourth-order valence-electron chi connectivity index (χ4n) is 3.89. The second-order valence-corrected chi connectivity index (χ2v) is 10.4. The molecule has 1 N–H and O–H groups in total. The summed E-state index contributed by atoms with van der Waals surface area (Å²) in [5.74, 6) is -0.956. The number of anilines is 2. The van der Waals surface area contributed by atoms with Crippen molar-refractivity contribution < 1.29 is 36.0 Å². The Morgan fingerprint density at radius 2 is 1.68 bits per heavy atom. The van der Waals surface area contributed by atoms with Crippen molar-refractivity contribution in [3.63, 3.8) is 0 Å².